The molecule has 0 radical (unpaired) electrons. The molecule has 0 saturated carbocycles. The van der Waals surface area contributed by atoms with Gasteiger partial charge in [0.05, 0.1) is 30.2 Å². The number of rotatable bonds is 7. The van der Waals surface area contributed by atoms with Crippen LogP contribution in [-0.2, 0) is 20.9 Å². The monoisotopic (exact) mass is 524 g/mol. The van der Waals surface area contributed by atoms with Gasteiger partial charge >= 0.3 is 6.18 Å². The second-order valence-electron chi connectivity index (χ2n) is 8.20. The Morgan fingerprint density at radius 3 is 2.50 bits per heavy atom. The second kappa shape index (κ2) is 10.3. The molecule has 1 fully saturated rings. The smallest absolute Gasteiger partial charge is 0.379 e. The van der Waals surface area contributed by atoms with E-state index in [9.17, 15) is 31.2 Å². The van der Waals surface area contributed by atoms with Crippen LogP contribution in [0.4, 0.5) is 24.5 Å². The standard InChI is InChI=1S/C23H23F3N4O5S/c24-23(25,26)15-11-16(28-22(32)19-14-27-20-4-2-1-3-18(20)21(19)31)13-17(12-15)29-36(33,34)10-7-30-5-8-35-9-6-30/h1-4,11-14,29H,5-10H2,(H,27,31)(H,28,32). The van der Waals surface area contributed by atoms with Crippen LogP contribution in [0.1, 0.15) is 15.9 Å². The van der Waals surface area contributed by atoms with Gasteiger partial charge in [0.2, 0.25) is 15.5 Å². The van der Waals surface area contributed by atoms with Crippen LogP contribution in [-0.4, -0.2) is 62.8 Å². The number of carbonyl (C=O) groups is 1. The fourth-order valence-corrected chi connectivity index (χ4v) is 4.84. The number of anilines is 2. The third-order valence-electron chi connectivity index (χ3n) is 5.60. The number of carbonyl (C=O) groups excluding carboxylic acids is 1. The second-order valence-corrected chi connectivity index (χ2v) is 10.0. The van der Waals surface area contributed by atoms with E-state index in [-0.39, 0.29) is 34.6 Å². The fourth-order valence-electron chi connectivity index (χ4n) is 3.76. The Bertz CT molecular complexity index is 1430. The van der Waals surface area contributed by atoms with Crippen molar-refractivity contribution >= 4 is 38.2 Å². The summed E-state index contributed by atoms with van der Waals surface area (Å²) in [5.41, 5.74) is -2.27. The maximum atomic E-state index is 13.5. The van der Waals surface area contributed by atoms with Gasteiger partial charge in [-0.3, -0.25) is 19.2 Å². The van der Waals surface area contributed by atoms with Crippen molar-refractivity contribution in [2.75, 3.05) is 48.6 Å². The van der Waals surface area contributed by atoms with Gasteiger partial charge in [0.25, 0.3) is 5.91 Å². The summed E-state index contributed by atoms with van der Waals surface area (Å²) in [4.78, 5) is 30.1. The Hall–Kier alpha value is -3.42. The number of nitrogens with one attached hydrogen (secondary N) is 3. The first-order valence-electron chi connectivity index (χ1n) is 11.0. The summed E-state index contributed by atoms with van der Waals surface area (Å²) in [6, 6.07) is 8.84. The number of pyridine rings is 1. The van der Waals surface area contributed by atoms with Gasteiger partial charge in [0.15, 0.2) is 0 Å². The first-order valence-corrected chi connectivity index (χ1v) is 12.6. The minimum atomic E-state index is -4.81. The van der Waals surface area contributed by atoms with Crippen LogP contribution < -0.4 is 15.5 Å². The largest absolute Gasteiger partial charge is 0.416 e. The lowest BCUT2D eigenvalue weighted by molar-refractivity contribution is -0.137. The first-order chi connectivity index (χ1) is 17.0. The molecule has 9 nitrogen and oxygen atoms in total. The number of aromatic amines is 1. The molecule has 0 bridgehead atoms. The van der Waals surface area contributed by atoms with E-state index >= 15 is 0 Å². The van der Waals surface area contributed by atoms with Gasteiger partial charge in [-0.05, 0) is 30.3 Å². The van der Waals surface area contributed by atoms with E-state index in [1.807, 2.05) is 4.90 Å². The van der Waals surface area contributed by atoms with Crippen molar-refractivity contribution in [3.05, 3.63) is 70.0 Å². The number of para-hydroxylation sites is 1. The van der Waals surface area contributed by atoms with Crippen molar-refractivity contribution in [3.63, 3.8) is 0 Å². The molecular formula is C23H23F3N4O5S. The molecule has 192 valence electrons. The molecule has 1 saturated heterocycles. The molecule has 3 N–H and O–H groups in total. The van der Waals surface area contributed by atoms with Crippen LogP contribution in [0.25, 0.3) is 10.9 Å². The number of hydrogen-bond acceptors (Lipinski definition) is 6. The van der Waals surface area contributed by atoms with Crippen LogP contribution in [0.15, 0.2) is 53.5 Å². The summed E-state index contributed by atoms with van der Waals surface area (Å²) in [6.07, 6.45) is -3.64. The average molecular weight is 525 g/mol. The van der Waals surface area contributed by atoms with Gasteiger partial charge in [-0.25, -0.2) is 8.42 Å². The molecule has 3 aromatic rings. The fraction of sp³-hybridized carbons (Fsp3) is 0.304. The van der Waals surface area contributed by atoms with E-state index < -0.39 is 33.1 Å². The average Bonchev–Trinajstić information content (AvgIpc) is 2.83. The van der Waals surface area contributed by atoms with Crippen LogP contribution in [0.3, 0.4) is 0 Å². The van der Waals surface area contributed by atoms with Gasteiger partial charge in [0, 0.05) is 42.4 Å². The predicted octanol–water partition coefficient (Wildman–Crippen LogP) is 2.87. The third kappa shape index (κ3) is 6.22. The van der Waals surface area contributed by atoms with Crippen LogP contribution >= 0.6 is 0 Å². The number of halogens is 3. The zero-order valence-electron chi connectivity index (χ0n) is 18.9. The topological polar surface area (TPSA) is 121 Å². The molecule has 1 aliphatic rings. The maximum absolute atomic E-state index is 13.5. The van der Waals surface area contributed by atoms with Crippen LogP contribution in [0, 0.1) is 0 Å². The number of H-pyrrole nitrogens is 1. The number of fused-ring (bicyclic) bond motifs is 1. The van der Waals surface area contributed by atoms with Crippen molar-refractivity contribution in [2.24, 2.45) is 0 Å². The van der Waals surface area contributed by atoms with Crippen molar-refractivity contribution in [1.29, 1.82) is 0 Å². The summed E-state index contributed by atoms with van der Waals surface area (Å²) in [5, 5.41) is 2.51. The lowest BCUT2D eigenvalue weighted by Crippen LogP contribution is -2.39. The number of aromatic nitrogens is 1. The molecule has 13 heteroatoms. The Kier molecular flexibility index (Phi) is 7.33. The molecule has 0 atom stereocenters. The number of hydrogen-bond donors (Lipinski definition) is 3. The van der Waals surface area contributed by atoms with Crippen molar-refractivity contribution in [3.8, 4) is 0 Å². The maximum Gasteiger partial charge on any atom is 0.416 e. The number of morpholine rings is 1. The van der Waals surface area contributed by atoms with Crippen LogP contribution in [0.5, 0.6) is 0 Å². The molecule has 1 aliphatic heterocycles. The van der Waals surface area contributed by atoms with Gasteiger partial charge < -0.3 is 15.0 Å². The minimum Gasteiger partial charge on any atom is -0.379 e. The molecule has 2 heterocycles. The van der Waals surface area contributed by atoms with Gasteiger partial charge in [-0.2, -0.15) is 13.2 Å². The Labute approximate surface area is 204 Å². The molecule has 0 aliphatic carbocycles. The molecule has 36 heavy (non-hydrogen) atoms. The van der Waals surface area contributed by atoms with Crippen LogP contribution in [0.2, 0.25) is 0 Å². The van der Waals surface area contributed by atoms with Gasteiger partial charge in [0.1, 0.15) is 5.56 Å². The van der Waals surface area contributed by atoms with Crippen molar-refractivity contribution < 1.29 is 31.1 Å². The molecular weight excluding hydrogens is 501 g/mol. The van der Waals surface area contributed by atoms with E-state index in [0.29, 0.717) is 44.0 Å². The molecule has 0 unspecified atom stereocenters. The van der Waals surface area contributed by atoms with Gasteiger partial charge in [-0.15, -0.1) is 0 Å². The highest BCUT2D eigenvalue weighted by molar-refractivity contribution is 7.92. The molecule has 1 aromatic heterocycles. The van der Waals surface area contributed by atoms with E-state index in [0.717, 1.165) is 6.07 Å². The zero-order valence-corrected chi connectivity index (χ0v) is 19.7. The lowest BCUT2D eigenvalue weighted by Gasteiger charge is -2.26. The van der Waals surface area contributed by atoms with E-state index in [4.69, 9.17) is 4.74 Å². The van der Waals surface area contributed by atoms with Crippen molar-refractivity contribution in [1.82, 2.24) is 9.88 Å². The number of ether oxygens (including phenoxy) is 1. The Balaban J connectivity index is 1.57. The molecule has 2 aromatic carbocycles. The summed E-state index contributed by atoms with van der Waals surface area (Å²) in [6.45, 7) is 2.26. The highest BCUT2D eigenvalue weighted by Crippen LogP contribution is 2.34. The van der Waals surface area contributed by atoms with Crippen molar-refractivity contribution in [2.45, 2.75) is 6.18 Å². The normalized spacial score (nSPS) is 15.1. The summed E-state index contributed by atoms with van der Waals surface area (Å²) < 4.78 is 73.0. The number of sulfonamides is 1. The van der Waals surface area contributed by atoms with Gasteiger partial charge in [-0.1, -0.05) is 12.1 Å². The van der Waals surface area contributed by atoms with E-state index in [1.165, 1.54) is 12.3 Å². The number of benzene rings is 2. The zero-order chi connectivity index (χ0) is 25.9. The highest BCUT2D eigenvalue weighted by atomic mass is 32.2. The summed E-state index contributed by atoms with van der Waals surface area (Å²) >= 11 is 0. The summed E-state index contributed by atoms with van der Waals surface area (Å²) in [5.74, 6) is -1.28. The lowest BCUT2D eigenvalue weighted by atomic mass is 10.1. The molecule has 4 rings (SSSR count). The predicted molar refractivity (Wildman–Crippen MR) is 129 cm³/mol. The number of alkyl halides is 3. The Morgan fingerprint density at radius 2 is 1.78 bits per heavy atom. The first kappa shape index (κ1) is 25.7. The van der Waals surface area contributed by atoms with E-state index in [1.54, 1.807) is 18.2 Å². The number of amides is 1. The SMILES string of the molecule is O=C(Nc1cc(NS(=O)(=O)CCN2CCOCC2)cc(C(F)(F)F)c1)c1c[nH]c2ccccc2c1=O. The molecule has 0 spiro atoms. The van der Waals surface area contributed by atoms with E-state index in [2.05, 4.69) is 15.0 Å². The third-order valence-corrected chi connectivity index (χ3v) is 6.87. The Morgan fingerprint density at radius 1 is 1.08 bits per heavy atom. The minimum absolute atomic E-state index is 0.186. The molecule has 1 amide bonds. The number of nitrogens with zero attached hydrogens (tertiary/aromatic N) is 1. The quantitative estimate of drug-likeness (QED) is 0.437. The summed E-state index contributed by atoms with van der Waals surface area (Å²) in [7, 11) is -3.99. The highest BCUT2D eigenvalue weighted by Gasteiger charge is 2.32.